The summed E-state index contributed by atoms with van der Waals surface area (Å²) in [5.74, 6) is 0. The van der Waals surface area contributed by atoms with Crippen molar-refractivity contribution in [2.75, 3.05) is 13.2 Å². The predicted molar refractivity (Wildman–Crippen MR) is 110 cm³/mol. The molecule has 0 spiro atoms. The molecule has 6 nitrogen and oxygen atoms in total. The van der Waals surface area contributed by atoms with Gasteiger partial charge in [-0.1, -0.05) is 30.7 Å². The van der Waals surface area contributed by atoms with Gasteiger partial charge in [0.2, 0.25) is 10.0 Å². The molecule has 1 unspecified atom stereocenters. The van der Waals surface area contributed by atoms with E-state index >= 15 is 0 Å². The lowest BCUT2D eigenvalue weighted by atomic mass is 10.0. The molecule has 1 saturated heterocycles. The summed E-state index contributed by atoms with van der Waals surface area (Å²) in [6.45, 7) is 0.463. The number of aromatic nitrogens is 2. The van der Waals surface area contributed by atoms with E-state index in [0.29, 0.717) is 18.7 Å². The molecule has 3 aromatic rings. The quantitative estimate of drug-likeness (QED) is 0.666. The Morgan fingerprint density at radius 2 is 1.96 bits per heavy atom. The van der Waals surface area contributed by atoms with Gasteiger partial charge in [-0.15, -0.1) is 11.3 Å². The van der Waals surface area contributed by atoms with Crippen molar-refractivity contribution in [3.63, 3.8) is 0 Å². The molecule has 8 heteroatoms. The first-order valence-electron chi connectivity index (χ1n) is 9.43. The molecule has 1 aromatic carbocycles. The number of hydrogen-bond donors (Lipinski definition) is 1. The van der Waals surface area contributed by atoms with Gasteiger partial charge in [0, 0.05) is 19.2 Å². The minimum Gasteiger partial charge on any atom is -0.396 e. The summed E-state index contributed by atoms with van der Waals surface area (Å²) in [5.41, 5.74) is 1.29. The van der Waals surface area contributed by atoms with Crippen LogP contribution in [0.15, 0.2) is 58.9 Å². The fraction of sp³-hybridized carbons (Fsp3) is 0.350. The molecular formula is C20H23N3O3S2. The summed E-state index contributed by atoms with van der Waals surface area (Å²) in [4.78, 5) is 1.05. The largest absolute Gasteiger partial charge is 0.396 e. The highest BCUT2D eigenvalue weighted by Crippen LogP contribution is 2.35. The molecule has 1 aliphatic heterocycles. The first kappa shape index (κ1) is 19.3. The number of piperidine rings is 1. The highest BCUT2D eigenvalue weighted by Gasteiger charge is 2.36. The summed E-state index contributed by atoms with van der Waals surface area (Å²) in [6.07, 6.45) is 4.67. The van der Waals surface area contributed by atoms with Crippen LogP contribution in [0.5, 0.6) is 0 Å². The molecule has 0 amide bonds. The van der Waals surface area contributed by atoms with Gasteiger partial charge in [0.15, 0.2) is 0 Å². The van der Waals surface area contributed by atoms with Crippen molar-refractivity contribution in [1.82, 2.24) is 14.1 Å². The average molecular weight is 418 g/mol. The number of sulfonamides is 1. The molecule has 1 fully saturated rings. The first-order valence-corrected chi connectivity index (χ1v) is 11.7. The van der Waals surface area contributed by atoms with Crippen LogP contribution in [0.1, 0.15) is 25.7 Å². The van der Waals surface area contributed by atoms with Crippen LogP contribution in [0.4, 0.5) is 0 Å². The predicted octanol–water partition coefficient (Wildman–Crippen LogP) is 3.53. The smallest absolute Gasteiger partial charge is 0.247 e. The molecule has 28 heavy (non-hydrogen) atoms. The van der Waals surface area contributed by atoms with Crippen LogP contribution >= 0.6 is 11.3 Å². The van der Waals surface area contributed by atoms with Gasteiger partial charge in [-0.3, -0.25) is 0 Å². The number of aliphatic hydroxyl groups is 1. The minimum atomic E-state index is -3.73. The fourth-order valence-electron chi connectivity index (χ4n) is 3.70. The zero-order valence-electron chi connectivity index (χ0n) is 15.4. The molecule has 1 N–H and O–H groups in total. The monoisotopic (exact) mass is 417 g/mol. The average Bonchev–Trinajstić information content (AvgIpc) is 3.39. The second-order valence-corrected chi connectivity index (χ2v) is 9.68. The summed E-state index contributed by atoms with van der Waals surface area (Å²) in [5, 5.41) is 15.9. The molecule has 1 aliphatic rings. The van der Waals surface area contributed by atoms with Crippen LogP contribution in [0, 0.1) is 0 Å². The van der Waals surface area contributed by atoms with Gasteiger partial charge in [0.05, 0.1) is 16.8 Å². The van der Waals surface area contributed by atoms with E-state index in [-0.39, 0.29) is 17.5 Å². The van der Waals surface area contributed by atoms with E-state index in [9.17, 15) is 13.5 Å². The Hall–Kier alpha value is -2.00. The zero-order valence-corrected chi connectivity index (χ0v) is 17.1. The standard InChI is InChI=1S/C20H23N3O3S2/c24-13-11-17-9-4-5-12-23(17)28(25,26)19-15-22(16-7-2-1-3-8-16)21-20(19)18-10-6-14-27-18/h1-3,6-8,10,14-15,17,24H,4-5,9,11-13H2. The SMILES string of the molecule is O=S(=O)(c1cn(-c2ccccc2)nc1-c1cccs1)N1CCCCC1CCO. The van der Waals surface area contributed by atoms with Crippen LogP contribution in [0.2, 0.25) is 0 Å². The van der Waals surface area contributed by atoms with E-state index < -0.39 is 10.0 Å². The number of hydrogen-bond acceptors (Lipinski definition) is 5. The molecule has 1 atom stereocenters. The van der Waals surface area contributed by atoms with Gasteiger partial charge >= 0.3 is 0 Å². The molecule has 2 aromatic heterocycles. The van der Waals surface area contributed by atoms with Crippen molar-refractivity contribution in [1.29, 1.82) is 0 Å². The topological polar surface area (TPSA) is 75.4 Å². The molecule has 0 radical (unpaired) electrons. The van der Waals surface area contributed by atoms with E-state index in [2.05, 4.69) is 5.10 Å². The second kappa shape index (κ2) is 8.16. The Morgan fingerprint density at radius 3 is 2.68 bits per heavy atom. The van der Waals surface area contributed by atoms with Gasteiger partial charge in [-0.25, -0.2) is 13.1 Å². The first-order chi connectivity index (χ1) is 13.6. The van der Waals surface area contributed by atoms with Crippen molar-refractivity contribution in [2.45, 2.75) is 36.6 Å². The summed E-state index contributed by atoms with van der Waals surface area (Å²) < 4.78 is 30.5. The number of benzene rings is 1. The van der Waals surface area contributed by atoms with Gasteiger partial charge < -0.3 is 5.11 Å². The number of aliphatic hydroxyl groups excluding tert-OH is 1. The highest BCUT2D eigenvalue weighted by molar-refractivity contribution is 7.89. The lowest BCUT2D eigenvalue weighted by molar-refractivity contribution is 0.192. The lowest BCUT2D eigenvalue weighted by Crippen LogP contribution is -2.44. The molecule has 0 saturated carbocycles. The van der Waals surface area contributed by atoms with Crippen LogP contribution < -0.4 is 0 Å². The molecular weight excluding hydrogens is 394 g/mol. The van der Waals surface area contributed by atoms with Crippen LogP contribution in [0.25, 0.3) is 16.3 Å². The van der Waals surface area contributed by atoms with E-state index in [1.165, 1.54) is 11.3 Å². The van der Waals surface area contributed by atoms with Gasteiger partial charge in [-0.05, 0) is 42.8 Å². The second-order valence-electron chi connectivity index (χ2n) is 6.88. The zero-order chi connectivity index (χ0) is 19.6. The van der Waals surface area contributed by atoms with Crippen LogP contribution in [0.3, 0.4) is 0 Å². The Balaban J connectivity index is 1.82. The molecule has 0 bridgehead atoms. The molecule has 0 aliphatic carbocycles. The van der Waals surface area contributed by atoms with Crippen molar-refractivity contribution in [3.05, 3.63) is 54.0 Å². The van der Waals surface area contributed by atoms with Gasteiger partial charge in [-0.2, -0.15) is 9.40 Å². The number of thiophene rings is 1. The van der Waals surface area contributed by atoms with E-state index in [4.69, 9.17) is 0 Å². The summed E-state index contributed by atoms with van der Waals surface area (Å²) in [6, 6.07) is 13.1. The molecule has 148 valence electrons. The maximum absolute atomic E-state index is 13.6. The third-order valence-corrected chi connectivity index (χ3v) is 7.91. The highest BCUT2D eigenvalue weighted by atomic mass is 32.2. The Kier molecular flexibility index (Phi) is 5.63. The molecule has 3 heterocycles. The maximum atomic E-state index is 13.6. The van der Waals surface area contributed by atoms with E-state index in [1.807, 2.05) is 47.8 Å². The van der Waals surface area contributed by atoms with E-state index in [1.54, 1.807) is 15.2 Å². The maximum Gasteiger partial charge on any atom is 0.247 e. The van der Waals surface area contributed by atoms with Gasteiger partial charge in [0.1, 0.15) is 10.6 Å². The normalized spacial score (nSPS) is 18.4. The third-order valence-electron chi connectivity index (χ3n) is 5.08. The van der Waals surface area contributed by atoms with Crippen molar-refractivity contribution < 1.29 is 13.5 Å². The number of para-hydroxylation sites is 1. The van der Waals surface area contributed by atoms with Crippen molar-refractivity contribution in [2.24, 2.45) is 0 Å². The molecule has 4 rings (SSSR count). The van der Waals surface area contributed by atoms with Crippen molar-refractivity contribution >= 4 is 21.4 Å². The fourth-order valence-corrected chi connectivity index (χ4v) is 6.34. The van der Waals surface area contributed by atoms with Gasteiger partial charge in [0.25, 0.3) is 0 Å². The number of rotatable bonds is 6. The minimum absolute atomic E-state index is 0.0161. The summed E-state index contributed by atoms with van der Waals surface area (Å²) in [7, 11) is -3.73. The van der Waals surface area contributed by atoms with Crippen molar-refractivity contribution in [3.8, 4) is 16.3 Å². The third kappa shape index (κ3) is 3.65. The number of nitrogens with zero attached hydrogens (tertiary/aromatic N) is 3. The van der Waals surface area contributed by atoms with E-state index in [0.717, 1.165) is 29.8 Å². The van der Waals surface area contributed by atoms with Crippen LogP contribution in [-0.2, 0) is 10.0 Å². The Labute approximate surface area is 169 Å². The Bertz CT molecular complexity index is 1010. The lowest BCUT2D eigenvalue weighted by Gasteiger charge is -2.34. The Morgan fingerprint density at radius 1 is 1.14 bits per heavy atom. The summed E-state index contributed by atoms with van der Waals surface area (Å²) >= 11 is 1.47. The van der Waals surface area contributed by atoms with Crippen LogP contribution in [-0.4, -0.2) is 46.8 Å².